The van der Waals surface area contributed by atoms with Gasteiger partial charge in [0.25, 0.3) is 0 Å². The van der Waals surface area contributed by atoms with Gasteiger partial charge in [-0.05, 0) is 19.2 Å². The standard InChI is InChI=1S/C11H12FNO/c1-4-9(13-2)11-8(12)6-5-7-10(11)14-3/h1,5-7,9,13H,2-3H3. The molecule has 1 aromatic carbocycles. The van der Waals surface area contributed by atoms with Crippen LogP contribution in [0.1, 0.15) is 11.6 Å². The molecular weight excluding hydrogens is 181 g/mol. The SMILES string of the molecule is C#CC(NC)c1c(F)cccc1OC. The van der Waals surface area contributed by atoms with Crippen LogP contribution in [-0.2, 0) is 0 Å². The van der Waals surface area contributed by atoms with Crippen molar-refractivity contribution >= 4 is 0 Å². The average molecular weight is 193 g/mol. The topological polar surface area (TPSA) is 21.3 Å². The van der Waals surface area contributed by atoms with Gasteiger partial charge in [-0.1, -0.05) is 12.0 Å². The lowest BCUT2D eigenvalue weighted by molar-refractivity contribution is 0.400. The molecule has 3 heteroatoms. The fourth-order valence-corrected chi connectivity index (χ4v) is 1.29. The van der Waals surface area contributed by atoms with Gasteiger partial charge < -0.3 is 10.1 Å². The first-order valence-corrected chi connectivity index (χ1v) is 4.20. The molecule has 1 atom stereocenters. The van der Waals surface area contributed by atoms with E-state index in [4.69, 9.17) is 11.2 Å². The molecule has 0 fully saturated rings. The summed E-state index contributed by atoms with van der Waals surface area (Å²) in [6.07, 6.45) is 5.27. The Hall–Kier alpha value is -1.53. The van der Waals surface area contributed by atoms with E-state index in [2.05, 4.69) is 11.2 Å². The van der Waals surface area contributed by atoms with Crippen LogP contribution in [0.2, 0.25) is 0 Å². The maximum Gasteiger partial charge on any atom is 0.132 e. The lowest BCUT2D eigenvalue weighted by Gasteiger charge is -2.14. The van der Waals surface area contributed by atoms with Crippen molar-refractivity contribution in [3.05, 3.63) is 29.6 Å². The molecule has 0 aliphatic rings. The van der Waals surface area contributed by atoms with Gasteiger partial charge in [0.15, 0.2) is 0 Å². The van der Waals surface area contributed by atoms with Crippen molar-refractivity contribution in [3.63, 3.8) is 0 Å². The molecule has 0 saturated heterocycles. The number of hydrogen-bond donors (Lipinski definition) is 1. The van der Waals surface area contributed by atoms with Crippen LogP contribution in [0.5, 0.6) is 5.75 Å². The molecule has 0 aliphatic carbocycles. The first kappa shape index (κ1) is 10.6. The van der Waals surface area contributed by atoms with E-state index < -0.39 is 6.04 Å². The molecule has 0 aliphatic heterocycles. The summed E-state index contributed by atoms with van der Waals surface area (Å²) < 4.78 is 18.5. The fourth-order valence-electron chi connectivity index (χ4n) is 1.29. The highest BCUT2D eigenvalue weighted by Crippen LogP contribution is 2.26. The normalized spacial score (nSPS) is 11.9. The van der Waals surface area contributed by atoms with E-state index in [1.807, 2.05) is 0 Å². The van der Waals surface area contributed by atoms with E-state index >= 15 is 0 Å². The summed E-state index contributed by atoms with van der Waals surface area (Å²) in [5.74, 6) is 2.55. The highest BCUT2D eigenvalue weighted by atomic mass is 19.1. The second-order valence-corrected chi connectivity index (χ2v) is 2.74. The molecule has 0 amide bonds. The second-order valence-electron chi connectivity index (χ2n) is 2.74. The zero-order chi connectivity index (χ0) is 10.6. The molecule has 0 bridgehead atoms. The minimum Gasteiger partial charge on any atom is -0.496 e. The van der Waals surface area contributed by atoms with E-state index in [0.717, 1.165) is 0 Å². The van der Waals surface area contributed by atoms with Crippen LogP contribution < -0.4 is 10.1 Å². The van der Waals surface area contributed by atoms with Crippen molar-refractivity contribution in [2.75, 3.05) is 14.2 Å². The summed E-state index contributed by atoms with van der Waals surface area (Å²) in [6.45, 7) is 0. The van der Waals surface area contributed by atoms with Gasteiger partial charge in [0.2, 0.25) is 0 Å². The molecule has 74 valence electrons. The molecule has 0 saturated carbocycles. The van der Waals surface area contributed by atoms with Gasteiger partial charge in [-0.2, -0.15) is 0 Å². The Kier molecular flexibility index (Phi) is 3.49. The third kappa shape index (κ3) is 1.86. The van der Waals surface area contributed by atoms with E-state index in [1.165, 1.54) is 13.2 Å². The highest BCUT2D eigenvalue weighted by Gasteiger charge is 2.16. The maximum atomic E-state index is 13.4. The molecule has 1 rings (SSSR count). The molecule has 0 radical (unpaired) electrons. The lowest BCUT2D eigenvalue weighted by atomic mass is 10.1. The largest absolute Gasteiger partial charge is 0.496 e. The summed E-state index contributed by atoms with van der Waals surface area (Å²) in [5.41, 5.74) is 0.375. The van der Waals surface area contributed by atoms with Crippen molar-refractivity contribution in [1.82, 2.24) is 5.32 Å². The van der Waals surface area contributed by atoms with E-state index in [0.29, 0.717) is 11.3 Å². The highest BCUT2D eigenvalue weighted by molar-refractivity contribution is 5.40. The number of methoxy groups -OCH3 is 1. The van der Waals surface area contributed by atoms with Crippen LogP contribution in [0.25, 0.3) is 0 Å². The Balaban J connectivity index is 3.23. The quantitative estimate of drug-likeness (QED) is 0.738. The molecule has 0 heterocycles. The van der Waals surface area contributed by atoms with Gasteiger partial charge in [0.05, 0.1) is 12.7 Å². The van der Waals surface area contributed by atoms with Gasteiger partial charge in [0, 0.05) is 0 Å². The summed E-state index contributed by atoms with van der Waals surface area (Å²) in [4.78, 5) is 0. The lowest BCUT2D eigenvalue weighted by Crippen LogP contribution is -2.16. The first-order valence-electron chi connectivity index (χ1n) is 4.20. The van der Waals surface area contributed by atoms with Crippen LogP contribution in [0.3, 0.4) is 0 Å². The summed E-state index contributed by atoms with van der Waals surface area (Å²) in [7, 11) is 3.16. The summed E-state index contributed by atoms with van der Waals surface area (Å²) in [6, 6.07) is 4.16. The number of nitrogens with one attached hydrogen (secondary N) is 1. The van der Waals surface area contributed by atoms with Crippen LogP contribution in [0.15, 0.2) is 18.2 Å². The Morgan fingerprint density at radius 1 is 1.57 bits per heavy atom. The number of halogens is 1. The minimum atomic E-state index is -0.467. The van der Waals surface area contributed by atoms with E-state index in [9.17, 15) is 4.39 Å². The van der Waals surface area contributed by atoms with Crippen molar-refractivity contribution in [1.29, 1.82) is 0 Å². The monoisotopic (exact) mass is 193 g/mol. The van der Waals surface area contributed by atoms with Gasteiger partial charge in [-0.3, -0.25) is 0 Å². The molecule has 1 N–H and O–H groups in total. The maximum absolute atomic E-state index is 13.4. The third-order valence-corrected chi connectivity index (χ3v) is 1.98. The smallest absolute Gasteiger partial charge is 0.132 e. The number of ether oxygens (including phenoxy) is 1. The van der Waals surface area contributed by atoms with Crippen molar-refractivity contribution in [2.45, 2.75) is 6.04 Å². The molecule has 14 heavy (non-hydrogen) atoms. The van der Waals surface area contributed by atoms with Crippen molar-refractivity contribution in [2.24, 2.45) is 0 Å². The predicted molar refractivity (Wildman–Crippen MR) is 53.6 cm³/mol. The van der Waals surface area contributed by atoms with Gasteiger partial charge >= 0.3 is 0 Å². The number of terminal acetylenes is 1. The molecule has 2 nitrogen and oxygen atoms in total. The first-order chi connectivity index (χ1) is 6.74. The average Bonchev–Trinajstić information content (AvgIpc) is 2.22. The van der Waals surface area contributed by atoms with Crippen molar-refractivity contribution < 1.29 is 9.13 Å². The summed E-state index contributed by atoms with van der Waals surface area (Å²) >= 11 is 0. The minimum absolute atomic E-state index is 0.360. The van der Waals surface area contributed by atoms with Crippen molar-refractivity contribution in [3.8, 4) is 18.1 Å². The second kappa shape index (κ2) is 4.64. The van der Waals surface area contributed by atoms with Crippen LogP contribution in [0, 0.1) is 18.2 Å². The third-order valence-electron chi connectivity index (χ3n) is 1.98. The Labute approximate surface area is 83.1 Å². The molecule has 0 spiro atoms. The Morgan fingerprint density at radius 3 is 2.79 bits per heavy atom. The number of benzene rings is 1. The van der Waals surface area contributed by atoms with Gasteiger partial charge in [0.1, 0.15) is 17.6 Å². The van der Waals surface area contributed by atoms with Gasteiger partial charge in [-0.25, -0.2) is 4.39 Å². The fraction of sp³-hybridized carbons (Fsp3) is 0.273. The zero-order valence-electron chi connectivity index (χ0n) is 8.17. The van der Waals surface area contributed by atoms with Crippen LogP contribution in [0.4, 0.5) is 4.39 Å². The zero-order valence-corrected chi connectivity index (χ0v) is 8.17. The summed E-state index contributed by atoms with van der Waals surface area (Å²) in [5, 5.41) is 2.83. The van der Waals surface area contributed by atoms with Crippen LogP contribution >= 0.6 is 0 Å². The molecule has 0 aromatic heterocycles. The number of hydrogen-bond acceptors (Lipinski definition) is 2. The van der Waals surface area contributed by atoms with Crippen LogP contribution in [-0.4, -0.2) is 14.2 Å². The molecule has 1 unspecified atom stereocenters. The Bertz CT molecular complexity index is 357. The molecule has 1 aromatic rings. The predicted octanol–water partition coefficient (Wildman–Crippen LogP) is 1.73. The van der Waals surface area contributed by atoms with Gasteiger partial charge in [-0.15, -0.1) is 6.42 Å². The molecular formula is C11H12FNO. The van der Waals surface area contributed by atoms with E-state index in [-0.39, 0.29) is 5.82 Å². The number of rotatable bonds is 3. The Morgan fingerprint density at radius 2 is 2.29 bits per heavy atom. The van der Waals surface area contributed by atoms with E-state index in [1.54, 1.807) is 19.2 Å².